The second-order valence-corrected chi connectivity index (χ2v) is 10.2. The molecule has 1 aromatic heterocycles. The van der Waals surface area contributed by atoms with Crippen molar-refractivity contribution in [2.24, 2.45) is 11.8 Å². The van der Waals surface area contributed by atoms with E-state index in [1.54, 1.807) is 0 Å². The van der Waals surface area contributed by atoms with Gasteiger partial charge in [-0.15, -0.1) is 0 Å². The van der Waals surface area contributed by atoms with E-state index >= 15 is 0 Å². The Labute approximate surface area is 230 Å². The molecule has 2 heterocycles. The molecule has 202 valence electrons. The lowest BCUT2D eigenvalue weighted by molar-refractivity contribution is -0.146. The number of esters is 1. The molecule has 1 saturated heterocycles. The second kappa shape index (κ2) is 12.8. The molecule has 4 aromatic rings. The first-order chi connectivity index (χ1) is 19.1. The van der Waals surface area contributed by atoms with Gasteiger partial charge in [0.05, 0.1) is 25.3 Å². The largest absolute Gasteiger partial charge is 0.493 e. The number of nitrogens with zero attached hydrogens (tertiary/aromatic N) is 2. The number of oxazole rings is 1. The molecule has 5 rings (SSSR count). The topological polar surface area (TPSA) is 64.8 Å². The normalized spacial score (nSPS) is 17.3. The molecule has 0 saturated carbocycles. The third-order valence-corrected chi connectivity index (χ3v) is 7.49. The van der Waals surface area contributed by atoms with Crippen LogP contribution in [0.1, 0.15) is 29.0 Å². The monoisotopic (exact) mass is 524 g/mol. The smallest absolute Gasteiger partial charge is 0.310 e. The molecule has 6 heteroatoms. The molecule has 1 fully saturated rings. The van der Waals surface area contributed by atoms with Crippen molar-refractivity contribution in [2.45, 2.75) is 32.7 Å². The molecule has 0 N–H and O–H groups in total. The second-order valence-electron chi connectivity index (χ2n) is 10.2. The van der Waals surface area contributed by atoms with Crippen molar-refractivity contribution >= 4 is 5.97 Å². The molecule has 1 aliphatic rings. The number of carbonyl (C=O) groups excluding carboxylic acids is 1. The standard InChI is InChI=1S/C33H36N2O4/c1-24-31(34-32(39-24)27-13-7-4-8-14-27)18-19-38-29-15-9-12-25(20-29)16-17-28-22-35(23-30(28)33(36)37-2)21-26-10-5-3-6-11-26/h3-15,20,28,30H,16-19,21-23H2,1-2H3/t28-,30-/m1/s1. The van der Waals surface area contributed by atoms with Gasteiger partial charge in [-0.2, -0.15) is 0 Å². The van der Waals surface area contributed by atoms with Crippen molar-refractivity contribution in [1.82, 2.24) is 9.88 Å². The van der Waals surface area contributed by atoms with Gasteiger partial charge in [0.1, 0.15) is 11.5 Å². The summed E-state index contributed by atoms with van der Waals surface area (Å²) in [6.07, 6.45) is 2.48. The minimum absolute atomic E-state index is 0.0929. The zero-order chi connectivity index (χ0) is 27.0. The summed E-state index contributed by atoms with van der Waals surface area (Å²) >= 11 is 0. The van der Waals surface area contributed by atoms with Crippen LogP contribution < -0.4 is 4.74 Å². The van der Waals surface area contributed by atoms with E-state index in [0.29, 0.717) is 18.9 Å². The summed E-state index contributed by atoms with van der Waals surface area (Å²) in [5.74, 6) is 2.38. The number of aryl methyl sites for hydroxylation is 2. The van der Waals surface area contributed by atoms with Gasteiger partial charge in [0.25, 0.3) is 0 Å². The lowest BCUT2D eigenvalue weighted by Crippen LogP contribution is -2.25. The van der Waals surface area contributed by atoms with Crippen molar-refractivity contribution in [2.75, 3.05) is 26.8 Å². The summed E-state index contributed by atoms with van der Waals surface area (Å²) < 4.78 is 17.1. The molecule has 0 spiro atoms. The first kappa shape index (κ1) is 26.7. The van der Waals surface area contributed by atoms with E-state index in [4.69, 9.17) is 13.9 Å². The molecule has 3 aromatic carbocycles. The maximum absolute atomic E-state index is 12.5. The molecule has 0 radical (unpaired) electrons. The fourth-order valence-electron chi connectivity index (χ4n) is 5.41. The SMILES string of the molecule is COC(=O)[C@@H]1CN(Cc2ccccc2)C[C@H]1CCc1cccc(OCCc2nc(-c3ccccc3)oc2C)c1. The first-order valence-electron chi connectivity index (χ1n) is 13.7. The van der Waals surface area contributed by atoms with Crippen molar-refractivity contribution < 1.29 is 18.7 Å². The quantitative estimate of drug-likeness (QED) is 0.220. The lowest BCUT2D eigenvalue weighted by Gasteiger charge is -2.16. The van der Waals surface area contributed by atoms with Crippen molar-refractivity contribution in [1.29, 1.82) is 0 Å². The maximum atomic E-state index is 12.5. The van der Waals surface area contributed by atoms with Crippen LogP contribution in [-0.4, -0.2) is 42.7 Å². The zero-order valence-corrected chi connectivity index (χ0v) is 22.7. The van der Waals surface area contributed by atoms with Crippen LogP contribution in [0.15, 0.2) is 89.3 Å². The summed E-state index contributed by atoms with van der Waals surface area (Å²) in [6, 6.07) is 28.6. The van der Waals surface area contributed by atoms with E-state index in [-0.39, 0.29) is 17.8 Å². The molecule has 1 aliphatic heterocycles. The number of hydrogen-bond acceptors (Lipinski definition) is 6. The van der Waals surface area contributed by atoms with Crippen LogP contribution in [0.4, 0.5) is 0 Å². The van der Waals surface area contributed by atoms with Crippen LogP contribution in [0.25, 0.3) is 11.5 Å². The van der Waals surface area contributed by atoms with Crippen LogP contribution in [0.2, 0.25) is 0 Å². The van der Waals surface area contributed by atoms with Gasteiger partial charge in [-0.3, -0.25) is 9.69 Å². The Kier molecular flexibility index (Phi) is 8.74. The minimum atomic E-state index is -0.105. The van der Waals surface area contributed by atoms with Gasteiger partial charge < -0.3 is 13.9 Å². The Morgan fingerprint density at radius 2 is 1.69 bits per heavy atom. The number of carbonyl (C=O) groups is 1. The summed E-state index contributed by atoms with van der Waals surface area (Å²) in [4.78, 5) is 19.6. The average molecular weight is 525 g/mol. The van der Waals surface area contributed by atoms with E-state index in [9.17, 15) is 4.79 Å². The van der Waals surface area contributed by atoms with Gasteiger partial charge in [-0.05, 0) is 61.1 Å². The Morgan fingerprint density at radius 1 is 0.949 bits per heavy atom. The van der Waals surface area contributed by atoms with E-state index in [1.165, 1.54) is 18.2 Å². The van der Waals surface area contributed by atoms with Crippen molar-refractivity contribution in [3.63, 3.8) is 0 Å². The molecule has 0 bridgehead atoms. The third kappa shape index (κ3) is 6.95. The first-order valence-corrected chi connectivity index (χ1v) is 13.7. The summed E-state index contributed by atoms with van der Waals surface area (Å²) in [6.45, 7) is 4.95. The molecule has 0 unspecified atom stereocenters. The highest BCUT2D eigenvalue weighted by Crippen LogP contribution is 2.30. The molecule has 39 heavy (non-hydrogen) atoms. The number of methoxy groups -OCH3 is 1. The van der Waals surface area contributed by atoms with Gasteiger partial charge in [0, 0.05) is 31.6 Å². The van der Waals surface area contributed by atoms with Gasteiger partial charge in [-0.1, -0.05) is 60.7 Å². The van der Waals surface area contributed by atoms with E-state index in [0.717, 1.165) is 55.2 Å². The average Bonchev–Trinajstić information content (AvgIpc) is 3.55. The predicted molar refractivity (Wildman–Crippen MR) is 151 cm³/mol. The Morgan fingerprint density at radius 3 is 2.46 bits per heavy atom. The summed E-state index contributed by atoms with van der Waals surface area (Å²) in [5.41, 5.74) is 4.37. The van der Waals surface area contributed by atoms with E-state index in [2.05, 4.69) is 46.3 Å². The van der Waals surface area contributed by atoms with Gasteiger partial charge >= 0.3 is 5.97 Å². The Balaban J connectivity index is 1.14. The molecule has 0 aliphatic carbocycles. The number of ether oxygens (including phenoxy) is 2. The van der Waals surface area contributed by atoms with Crippen LogP contribution in [-0.2, 0) is 28.9 Å². The van der Waals surface area contributed by atoms with Crippen LogP contribution in [0.3, 0.4) is 0 Å². The third-order valence-electron chi connectivity index (χ3n) is 7.49. The summed E-state index contributed by atoms with van der Waals surface area (Å²) in [7, 11) is 1.49. The minimum Gasteiger partial charge on any atom is -0.493 e. The molecular weight excluding hydrogens is 488 g/mol. The van der Waals surface area contributed by atoms with E-state index < -0.39 is 0 Å². The lowest BCUT2D eigenvalue weighted by atomic mass is 9.90. The molecule has 2 atom stereocenters. The number of hydrogen-bond donors (Lipinski definition) is 0. The highest BCUT2D eigenvalue weighted by Gasteiger charge is 2.37. The van der Waals surface area contributed by atoms with Gasteiger partial charge in [0.2, 0.25) is 5.89 Å². The Hall–Kier alpha value is -3.90. The zero-order valence-electron chi connectivity index (χ0n) is 22.7. The van der Waals surface area contributed by atoms with Gasteiger partial charge in [-0.25, -0.2) is 4.98 Å². The Bertz CT molecular complexity index is 1350. The predicted octanol–water partition coefficient (Wildman–Crippen LogP) is 6.13. The fraction of sp³-hybridized carbons (Fsp3) is 0.333. The molecule has 6 nitrogen and oxygen atoms in total. The van der Waals surface area contributed by atoms with E-state index in [1.807, 2.05) is 55.5 Å². The van der Waals surface area contributed by atoms with Crippen LogP contribution in [0, 0.1) is 18.8 Å². The highest BCUT2D eigenvalue weighted by molar-refractivity contribution is 5.73. The number of aromatic nitrogens is 1. The number of benzene rings is 3. The van der Waals surface area contributed by atoms with Crippen molar-refractivity contribution in [3.05, 3.63) is 108 Å². The van der Waals surface area contributed by atoms with Gasteiger partial charge in [0.15, 0.2) is 0 Å². The highest BCUT2D eigenvalue weighted by atomic mass is 16.5. The number of rotatable bonds is 11. The van der Waals surface area contributed by atoms with Crippen molar-refractivity contribution in [3.8, 4) is 17.2 Å². The summed E-state index contributed by atoms with van der Waals surface area (Å²) in [5, 5.41) is 0. The molecular formula is C33H36N2O4. The fourth-order valence-corrected chi connectivity index (χ4v) is 5.41. The van der Waals surface area contributed by atoms with Crippen LogP contribution in [0.5, 0.6) is 5.75 Å². The van der Waals surface area contributed by atoms with Crippen LogP contribution >= 0.6 is 0 Å². The molecule has 0 amide bonds. The number of likely N-dealkylation sites (tertiary alicyclic amines) is 1. The maximum Gasteiger partial charge on any atom is 0.310 e.